The molecule has 59 valence electrons. The normalized spacial score (nSPS) is 13.0. The second-order valence-corrected chi connectivity index (χ2v) is 2.36. The van der Waals surface area contributed by atoms with E-state index in [2.05, 4.69) is 6.92 Å². The summed E-state index contributed by atoms with van der Waals surface area (Å²) >= 11 is 0. The number of benzene rings is 1. The molecule has 0 aromatic heterocycles. The minimum atomic E-state index is -0.574. The molecule has 2 heteroatoms. The van der Waals surface area contributed by atoms with Crippen LogP contribution in [0, 0.1) is 12.7 Å². The molecule has 1 atom stereocenters. The maximum Gasteiger partial charge on any atom is 0.123 e. The summed E-state index contributed by atoms with van der Waals surface area (Å²) in [6, 6.07) is 5.78. The van der Waals surface area contributed by atoms with Gasteiger partial charge in [-0.2, -0.15) is 0 Å². The van der Waals surface area contributed by atoms with Crippen LogP contribution in [0.25, 0.3) is 0 Å². The molecule has 0 spiro atoms. The molecule has 0 fully saturated rings. The minimum absolute atomic E-state index is 0.287. The Hall–Kier alpha value is -0.890. The molecule has 0 aliphatic carbocycles. The van der Waals surface area contributed by atoms with E-state index < -0.39 is 6.10 Å². The van der Waals surface area contributed by atoms with Crippen LogP contribution in [-0.4, -0.2) is 5.11 Å². The molecule has 11 heavy (non-hydrogen) atoms. The molecule has 0 amide bonds. The predicted molar refractivity (Wildman–Crippen MR) is 41.3 cm³/mol. The molecule has 1 radical (unpaired) electrons. The highest BCUT2D eigenvalue weighted by atomic mass is 19.1. The molecule has 0 saturated heterocycles. The van der Waals surface area contributed by atoms with Gasteiger partial charge in [-0.1, -0.05) is 19.1 Å². The molecule has 0 bridgehead atoms. The predicted octanol–water partition coefficient (Wildman–Crippen LogP) is 2.08. The molecule has 0 aliphatic rings. The number of aliphatic hydroxyl groups excluding tert-OH is 1. The third-order valence-electron chi connectivity index (χ3n) is 1.53. The van der Waals surface area contributed by atoms with Gasteiger partial charge in [-0.15, -0.1) is 0 Å². The monoisotopic (exact) mass is 153 g/mol. The molecule has 1 N–H and O–H groups in total. The standard InChI is InChI=1S/C9H10FO/c1-2-9(11)7-3-5-8(10)6-4-7/h3-6,9,11H,1-2H2/t9-/m0/s1. The van der Waals surface area contributed by atoms with Gasteiger partial charge in [0.1, 0.15) is 5.82 Å². The van der Waals surface area contributed by atoms with Crippen molar-refractivity contribution in [1.29, 1.82) is 0 Å². The lowest BCUT2D eigenvalue weighted by Gasteiger charge is -2.06. The van der Waals surface area contributed by atoms with Crippen LogP contribution in [0.2, 0.25) is 0 Å². The Bertz CT molecular complexity index is 218. The Labute approximate surface area is 65.5 Å². The lowest BCUT2D eigenvalue weighted by atomic mass is 10.1. The molecule has 0 aliphatic heterocycles. The smallest absolute Gasteiger partial charge is 0.123 e. The average molecular weight is 153 g/mol. The maximum atomic E-state index is 12.4. The van der Waals surface area contributed by atoms with Crippen LogP contribution < -0.4 is 0 Å². The highest BCUT2D eigenvalue weighted by Crippen LogP contribution is 2.15. The van der Waals surface area contributed by atoms with Crippen molar-refractivity contribution in [3.05, 3.63) is 42.6 Å². The zero-order valence-electron chi connectivity index (χ0n) is 6.13. The largest absolute Gasteiger partial charge is 0.388 e. The average Bonchev–Trinajstić information content (AvgIpc) is 2.05. The van der Waals surface area contributed by atoms with E-state index in [-0.39, 0.29) is 5.82 Å². The highest BCUT2D eigenvalue weighted by Gasteiger charge is 2.02. The van der Waals surface area contributed by atoms with Crippen molar-refractivity contribution >= 4 is 0 Å². The van der Waals surface area contributed by atoms with Crippen molar-refractivity contribution in [2.45, 2.75) is 12.5 Å². The number of rotatable bonds is 2. The van der Waals surface area contributed by atoms with Gasteiger partial charge in [0, 0.05) is 0 Å². The van der Waals surface area contributed by atoms with E-state index in [1.54, 1.807) is 12.1 Å². The zero-order chi connectivity index (χ0) is 8.27. The van der Waals surface area contributed by atoms with E-state index in [1.807, 2.05) is 0 Å². The Kier molecular flexibility index (Phi) is 2.60. The fraction of sp³-hybridized carbons (Fsp3) is 0.222. The van der Waals surface area contributed by atoms with Gasteiger partial charge in [-0.25, -0.2) is 4.39 Å². The van der Waals surface area contributed by atoms with Gasteiger partial charge < -0.3 is 5.11 Å². The van der Waals surface area contributed by atoms with E-state index in [0.29, 0.717) is 12.0 Å². The molecular formula is C9H10FO. The first-order valence-electron chi connectivity index (χ1n) is 3.47. The second kappa shape index (κ2) is 3.49. The van der Waals surface area contributed by atoms with Gasteiger partial charge in [0.2, 0.25) is 0 Å². The molecule has 0 unspecified atom stereocenters. The number of halogens is 1. The van der Waals surface area contributed by atoms with Crippen LogP contribution >= 0.6 is 0 Å². The van der Waals surface area contributed by atoms with Crippen LogP contribution in [0.5, 0.6) is 0 Å². The topological polar surface area (TPSA) is 20.2 Å². The Morgan fingerprint density at radius 1 is 1.36 bits per heavy atom. The minimum Gasteiger partial charge on any atom is -0.388 e. The summed E-state index contributed by atoms with van der Waals surface area (Å²) in [6.07, 6.45) is -0.165. The first-order valence-corrected chi connectivity index (χ1v) is 3.47. The maximum absolute atomic E-state index is 12.4. The second-order valence-electron chi connectivity index (χ2n) is 2.36. The van der Waals surface area contributed by atoms with Crippen molar-refractivity contribution in [3.63, 3.8) is 0 Å². The van der Waals surface area contributed by atoms with Crippen molar-refractivity contribution in [2.75, 3.05) is 0 Å². The van der Waals surface area contributed by atoms with E-state index in [9.17, 15) is 9.50 Å². The molecule has 0 heterocycles. The lowest BCUT2D eigenvalue weighted by Crippen LogP contribution is -1.94. The number of hydrogen-bond acceptors (Lipinski definition) is 1. The molecule has 1 rings (SSSR count). The third kappa shape index (κ3) is 2.02. The summed E-state index contributed by atoms with van der Waals surface area (Å²) in [5.41, 5.74) is 0.710. The van der Waals surface area contributed by atoms with Crippen LogP contribution in [0.15, 0.2) is 24.3 Å². The van der Waals surface area contributed by atoms with Gasteiger partial charge in [0.05, 0.1) is 6.10 Å². The summed E-state index contributed by atoms with van der Waals surface area (Å²) in [5, 5.41) is 9.24. The third-order valence-corrected chi connectivity index (χ3v) is 1.53. The summed E-state index contributed by atoms with van der Waals surface area (Å²) in [7, 11) is 0. The van der Waals surface area contributed by atoms with Crippen molar-refractivity contribution in [3.8, 4) is 0 Å². The first kappa shape index (κ1) is 8.21. The molecule has 0 saturated carbocycles. The number of aliphatic hydroxyl groups is 1. The Morgan fingerprint density at radius 3 is 2.36 bits per heavy atom. The van der Waals surface area contributed by atoms with Crippen LogP contribution in [0.3, 0.4) is 0 Å². The number of hydrogen-bond donors (Lipinski definition) is 1. The fourth-order valence-corrected chi connectivity index (χ4v) is 0.852. The molecule has 1 nitrogen and oxygen atoms in total. The van der Waals surface area contributed by atoms with Crippen molar-refractivity contribution in [1.82, 2.24) is 0 Å². The molecular weight excluding hydrogens is 143 g/mol. The first-order chi connectivity index (χ1) is 5.24. The SMILES string of the molecule is [CH2]C[C@H](O)c1ccc(F)cc1. The fourth-order valence-electron chi connectivity index (χ4n) is 0.852. The van der Waals surface area contributed by atoms with E-state index >= 15 is 0 Å². The summed E-state index contributed by atoms with van der Waals surface area (Å²) in [5.74, 6) is -0.287. The molecule has 1 aromatic rings. The van der Waals surface area contributed by atoms with Crippen molar-refractivity contribution < 1.29 is 9.50 Å². The van der Waals surface area contributed by atoms with E-state index in [0.717, 1.165) is 0 Å². The van der Waals surface area contributed by atoms with Crippen LogP contribution in [0.1, 0.15) is 18.1 Å². The van der Waals surface area contributed by atoms with E-state index in [1.165, 1.54) is 12.1 Å². The highest BCUT2D eigenvalue weighted by molar-refractivity contribution is 5.18. The quantitative estimate of drug-likeness (QED) is 0.689. The lowest BCUT2D eigenvalue weighted by molar-refractivity contribution is 0.180. The summed E-state index contributed by atoms with van der Waals surface area (Å²) < 4.78 is 12.4. The van der Waals surface area contributed by atoms with Crippen molar-refractivity contribution in [2.24, 2.45) is 0 Å². The van der Waals surface area contributed by atoms with Gasteiger partial charge in [0.15, 0.2) is 0 Å². The van der Waals surface area contributed by atoms with Gasteiger partial charge in [-0.3, -0.25) is 0 Å². The zero-order valence-corrected chi connectivity index (χ0v) is 6.13. The molecule has 1 aromatic carbocycles. The summed E-state index contributed by atoms with van der Waals surface area (Å²) in [6.45, 7) is 3.54. The van der Waals surface area contributed by atoms with Gasteiger partial charge in [-0.05, 0) is 24.1 Å². The Morgan fingerprint density at radius 2 is 1.91 bits per heavy atom. The van der Waals surface area contributed by atoms with Gasteiger partial charge >= 0.3 is 0 Å². The van der Waals surface area contributed by atoms with Crippen LogP contribution in [-0.2, 0) is 0 Å². The Balaban J connectivity index is 2.81. The van der Waals surface area contributed by atoms with Crippen LogP contribution in [0.4, 0.5) is 4.39 Å². The van der Waals surface area contributed by atoms with Gasteiger partial charge in [0.25, 0.3) is 0 Å². The van der Waals surface area contributed by atoms with E-state index in [4.69, 9.17) is 0 Å². The summed E-state index contributed by atoms with van der Waals surface area (Å²) in [4.78, 5) is 0.